The van der Waals surface area contributed by atoms with Crippen molar-refractivity contribution >= 4 is 12.1 Å². The van der Waals surface area contributed by atoms with E-state index >= 15 is 0 Å². The van der Waals surface area contributed by atoms with Crippen LogP contribution in [0.5, 0.6) is 0 Å². The molecule has 0 fully saturated rings. The Morgan fingerprint density at radius 1 is 1.61 bits per heavy atom. The molecule has 0 aliphatic carbocycles. The largest absolute Gasteiger partial charge is 0.302 e. The highest BCUT2D eigenvalue weighted by atomic mass is 16.2. The number of hydrogen-bond acceptors (Lipinski definition) is 4. The van der Waals surface area contributed by atoms with E-state index in [2.05, 4.69) is 20.4 Å². The third-order valence-electron chi connectivity index (χ3n) is 2.70. The Morgan fingerprint density at radius 3 is 3.22 bits per heavy atom. The topological polar surface area (TPSA) is 57.6 Å². The second-order valence-corrected chi connectivity index (χ2v) is 4.24. The lowest BCUT2D eigenvalue weighted by atomic mass is 10.1. The standard InChI is InChI=1S/C13H16N4O/c1-17-7-3-5-12(10-17)13(18)16-15-9-11-4-2-6-14-8-11/h2,4-6,8-9H,3,7,10H2,1H3,(H,16,18)/b15-9-. The molecule has 1 aromatic rings. The number of carbonyl (C=O) groups excluding carboxylic acids is 1. The number of nitrogens with one attached hydrogen (secondary N) is 1. The molecule has 1 aliphatic rings. The summed E-state index contributed by atoms with van der Waals surface area (Å²) >= 11 is 0. The first-order valence-electron chi connectivity index (χ1n) is 5.87. The first kappa shape index (κ1) is 12.4. The summed E-state index contributed by atoms with van der Waals surface area (Å²) in [5, 5.41) is 3.92. The maximum absolute atomic E-state index is 11.8. The van der Waals surface area contributed by atoms with Gasteiger partial charge in [0.1, 0.15) is 0 Å². The van der Waals surface area contributed by atoms with Crippen LogP contribution in [0.25, 0.3) is 0 Å². The van der Waals surface area contributed by atoms with Crippen LogP contribution >= 0.6 is 0 Å². The zero-order chi connectivity index (χ0) is 12.8. The molecule has 1 amide bonds. The Bertz CT molecular complexity index is 467. The van der Waals surface area contributed by atoms with Gasteiger partial charge in [0.05, 0.1) is 6.21 Å². The van der Waals surface area contributed by atoms with Gasteiger partial charge >= 0.3 is 0 Å². The quantitative estimate of drug-likeness (QED) is 0.632. The van der Waals surface area contributed by atoms with E-state index in [4.69, 9.17) is 0 Å². The van der Waals surface area contributed by atoms with Crippen LogP contribution in [0, 0.1) is 0 Å². The molecule has 94 valence electrons. The Balaban J connectivity index is 1.89. The van der Waals surface area contributed by atoms with Crippen molar-refractivity contribution < 1.29 is 4.79 Å². The van der Waals surface area contributed by atoms with Gasteiger partial charge in [-0.3, -0.25) is 9.78 Å². The van der Waals surface area contributed by atoms with E-state index < -0.39 is 0 Å². The number of aromatic nitrogens is 1. The summed E-state index contributed by atoms with van der Waals surface area (Å²) in [6.45, 7) is 1.67. The van der Waals surface area contributed by atoms with E-state index in [1.807, 2.05) is 25.3 Å². The summed E-state index contributed by atoms with van der Waals surface area (Å²) in [6.07, 6.45) is 7.83. The molecule has 1 aliphatic heterocycles. The molecule has 0 unspecified atom stereocenters. The summed E-state index contributed by atoms with van der Waals surface area (Å²) in [6, 6.07) is 3.69. The van der Waals surface area contributed by atoms with Crippen molar-refractivity contribution in [2.75, 3.05) is 20.1 Å². The molecule has 2 rings (SSSR count). The van der Waals surface area contributed by atoms with Crippen LogP contribution in [0.3, 0.4) is 0 Å². The van der Waals surface area contributed by atoms with Crippen LogP contribution in [-0.2, 0) is 4.79 Å². The molecule has 5 heteroatoms. The molecule has 0 spiro atoms. The van der Waals surface area contributed by atoms with Gasteiger partial charge in [0.2, 0.25) is 0 Å². The third kappa shape index (κ3) is 3.49. The molecule has 18 heavy (non-hydrogen) atoms. The lowest BCUT2D eigenvalue weighted by molar-refractivity contribution is -0.117. The zero-order valence-electron chi connectivity index (χ0n) is 10.3. The van der Waals surface area contributed by atoms with Crippen LogP contribution in [0.1, 0.15) is 12.0 Å². The lowest BCUT2D eigenvalue weighted by Crippen LogP contribution is -2.32. The van der Waals surface area contributed by atoms with Crippen molar-refractivity contribution in [1.82, 2.24) is 15.3 Å². The molecule has 0 bridgehead atoms. The van der Waals surface area contributed by atoms with Crippen molar-refractivity contribution in [3.63, 3.8) is 0 Å². The normalized spacial score (nSPS) is 16.6. The monoisotopic (exact) mass is 244 g/mol. The molecular weight excluding hydrogens is 228 g/mol. The number of likely N-dealkylation sites (N-methyl/N-ethyl adjacent to an activating group) is 1. The average Bonchev–Trinajstić information content (AvgIpc) is 2.40. The highest BCUT2D eigenvalue weighted by molar-refractivity contribution is 5.94. The number of pyridine rings is 1. The molecule has 5 nitrogen and oxygen atoms in total. The van der Waals surface area contributed by atoms with E-state index in [1.165, 1.54) is 0 Å². The number of amides is 1. The van der Waals surface area contributed by atoms with E-state index in [0.717, 1.165) is 24.1 Å². The minimum atomic E-state index is -0.137. The van der Waals surface area contributed by atoms with E-state index in [1.54, 1.807) is 18.6 Å². The van der Waals surface area contributed by atoms with Gasteiger partial charge in [-0.05, 0) is 19.5 Å². The summed E-state index contributed by atoms with van der Waals surface area (Å²) < 4.78 is 0. The van der Waals surface area contributed by atoms with Gasteiger partial charge in [0.15, 0.2) is 0 Å². The lowest BCUT2D eigenvalue weighted by Gasteiger charge is -2.21. The second-order valence-electron chi connectivity index (χ2n) is 4.24. The summed E-state index contributed by atoms with van der Waals surface area (Å²) in [4.78, 5) is 17.9. The van der Waals surface area contributed by atoms with Crippen molar-refractivity contribution in [2.24, 2.45) is 5.10 Å². The zero-order valence-corrected chi connectivity index (χ0v) is 10.3. The Morgan fingerprint density at radius 2 is 2.50 bits per heavy atom. The molecule has 0 saturated carbocycles. The first-order valence-corrected chi connectivity index (χ1v) is 5.87. The van der Waals surface area contributed by atoms with Gasteiger partial charge in [-0.2, -0.15) is 5.10 Å². The number of hydrazone groups is 1. The molecule has 1 N–H and O–H groups in total. The number of hydrogen-bond donors (Lipinski definition) is 1. The van der Waals surface area contributed by atoms with Crippen molar-refractivity contribution in [2.45, 2.75) is 6.42 Å². The van der Waals surface area contributed by atoms with Crippen LogP contribution in [0.2, 0.25) is 0 Å². The predicted octanol–water partition coefficient (Wildman–Crippen LogP) is 0.794. The Hall–Kier alpha value is -2.01. The summed E-state index contributed by atoms with van der Waals surface area (Å²) in [5.74, 6) is -0.137. The minimum Gasteiger partial charge on any atom is -0.302 e. The fraction of sp³-hybridized carbons (Fsp3) is 0.308. The molecule has 2 heterocycles. The van der Waals surface area contributed by atoms with Gasteiger partial charge in [-0.15, -0.1) is 0 Å². The van der Waals surface area contributed by atoms with Gasteiger partial charge in [0.25, 0.3) is 5.91 Å². The van der Waals surface area contributed by atoms with E-state index in [0.29, 0.717) is 6.54 Å². The van der Waals surface area contributed by atoms with Crippen LogP contribution < -0.4 is 5.43 Å². The smallest absolute Gasteiger partial charge is 0.268 e. The predicted molar refractivity (Wildman–Crippen MR) is 70.2 cm³/mol. The number of rotatable bonds is 3. The van der Waals surface area contributed by atoms with Crippen molar-refractivity contribution in [3.05, 3.63) is 41.7 Å². The van der Waals surface area contributed by atoms with Crippen LogP contribution in [0.15, 0.2) is 41.3 Å². The van der Waals surface area contributed by atoms with E-state index in [-0.39, 0.29) is 5.91 Å². The van der Waals surface area contributed by atoms with Gasteiger partial charge in [0, 0.05) is 36.6 Å². The Labute approximate surface area is 106 Å². The average molecular weight is 244 g/mol. The molecular formula is C13H16N4O. The molecule has 0 aromatic carbocycles. The maximum atomic E-state index is 11.8. The number of nitrogens with zero attached hydrogens (tertiary/aromatic N) is 3. The number of carbonyl (C=O) groups is 1. The highest BCUT2D eigenvalue weighted by Crippen LogP contribution is 2.07. The van der Waals surface area contributed by atoms with Gasteiger partial charge in [-0.25, -0.2) is 5.43 Å². The summed E-state index contributed by atoms with van der Waals surface area (Å²) in [5.41, 5.74) is 4.15. The summed E-state index contributed by atoms with van der Waals surface area (Å²) in [7, 11) is 2.00. The molecule has 0 radical (unpaired) electrons. The Kier molecular flexibility index (Phi) is 4.20. The maximum Gasteiger partial charge on any atom is 0.268 e. The van der Waals surface area contributed by atoms with Crippen molar-refractivity contribution in [3.8, 4) is 0 Å². The fourth-order valence-electron chi connectivity index (χ4n) is 1.75. The van der Waals surface area contributed by atoms with E-state index in [9.17, 15) is 4.79 Å². The van der Waals surface area contributed by atoms with Gasteiger partial charge in [-0.1, -0.05) is 12.1 Å². The highest BCUT2D eigenvalue weighted by Gasteiger charge is 2.14. The molecule has 0 saturated heterocycles. The minimum absolute atomic E-state index is 0.137. The fourth-order valence-corrected chi connectivity index (χ4v) is 1.75. The van der Waals surface area contributed by atoms with Crippen LogP contribution in [-0.4, -0.2) is 42.1 Å². The molecule has 1 aromatic heterocycles. The third-order valence-corrected chi connectivity index (χ3v) is 2.70. The molecule has 0 atom stereocenters. The van der Waals surface area contributed by atoms with Crippen LogP contribution in [0.4, 0.5) is 0 Å². The van der Waals surface area contributed by atoms with Crippen molar-refractivity contribution in [1.29, 1.82) is 0 Å². The first-order chi connectivity index (χ1) is 8.75. The second kappa shape index (κ2) is 6.07. The SMILES string of the molecule is CN1CCC=C(C(=O)N/N=C\c2cccnc2)C1. The van der Waals surface area contributed by atoms with Gasteiger partial charge < -0.3 is 4.90 Å².